The fourth-order valence-corrected chi connectivity index (χ4v) is 2.62. The van der Waals surface area contributed by atoms with Crippen LogP contribution in [0.2, 0.25) is 0 Å². The van der Waals surface area contributed by atoms with Gasteiger partial charge in [0.15, 0.2) is 0 Å². The Morgan fingerprint density at radius 1 is 1.17 bits per heavy atom. The minimum absolute atomic E-state index is 0.00373. The molecule has 5 heteroatoms. The largest absolute Gasteiger partial charge is 0.348 e. The second-order valence-corrected chi connectivity index (χ2v) is 5.46. The first-order chi connectivity index (χ1) is 11.7. The van der Waals surface area contributed by atoms with Gasteiger partial charge in [0, 0.05) is 12.2 Å². The summed E-state index contributed by atoms with van der Waals surface area (Å²) in [5, 5.41) is 2.51. The first kappa shape index (κ1) is 15.9. The van der Waals surface area contributed by atoms with Crippen LogP contribution >= 0.6 is 0 Å². The standard InChI is InChI=1S/C19H18FN3O/c1-14-4-2-3-5-17(14)15-6-8-16(9-7-15)23-13-21-12-18(23)19(24)22-11-10-20/h2-9,12-13H,10-11H2,1H3,(H,22,24). The highest BCUT2D eigenvalue weighted by atomic mass is 19.1. The second-order valence-electron chi connectivity index (χ2n) is 5.46. The van der Waals surface area contributed by atoms with Crippen molar-refractivity contribution in [3.05, 3.63) is 72.3 Å². The molecule has 24 heavy (non-hydrogen) atoms. The van der Waals surface area contributed by atoms with Gasteiger partial charge >= 0.3 is 0 Å². The van der Waals surface area contributed by atoms with Gasteiger partial charge in [-0.15, -0.1) is 0 Å². The summed E-state index contributed by atoms with van der Waals surface area (Å²) in [4.78, 5) is 16.1. The molecule has 0 saturated carbocycles. The molecular formula is C19H18FN3O. The van der Waals surface area contributed by atoms with Crippen molar-refractivity contribution >= 4 is 5.91 Å². The van der Waals surface area contributed by atoms with Crippen molar-refractivity contribution in [1.29, 1.82) is 0 Å². The van der Waals surface area contributed by atoms with E-state index in [1.165, 1.54) is 17.3 Å². The number of benzene rings is 2. The summed E-state index contributed by atoms with van der Waals surface area (Å²) in [6.45, 7) is 1.48. The van der Waals surface area contributed by atoms with Crippen molar-refractivity contribution in [3.8, 4) is 16.8 Å². The number of hydrogen-bond donors (Lipinski definition) is 1. The molecule has 0 spiro atoms. The fraction of sp³-hybridized carbons (Fsp3) is 0.158. The van der Waals surface area contributed by atoms with Crippen molar-refractivity contribution in [3.63, 3.8) is 0 Å². The number of rotatable bonds is 5. The zero-order chi connectivity index (χ0) is 16.9. The molecule has 2 aromatic carbocycles. The molecule has 3 rings (SSSR count). The van der Waals surface area contributed by atoms with Crippen molar-refractivity contribution in [2.75, 3.05) is 13.2 Å². The van der Waals surface area contributed by atoms with Crippen molar-refractivity contribution < 1.29 is 9.18 Å². The number of imidazole rings is 1. The molecule has 0 aliphatic heterocycles. The quantitative estimate of drug-likeness (QED) is 0.780. The van der Waals surface area contributed by atoms with Crippen LogP contribution in [0, 0.1) is 6.92 Å². The van der Waals surface area contributed by atoms with Crippen LogP contribution in [-0.2, 0) is 0 Å². The van der Waals surface area contributed by atoms with Crippen LogP contribution in [-0.4, -0.2) is 28.7 Å². The van der Waals surface area contributed by atoms with Gasteiger partial charge in [0.05, 0.1) is 12.5 Å². The number of alkyl halides is 1. The minimum atomic E-state index is -0.592. The van der Waals surface area contributed by atoms with E-state index in [4.69, 9.17) is 0 Å². The SMILES string of the molecule is Cc1ccccc1-c1ccc(-n2cncc2C(=O)NCCF)cc1. The van der Waals surface area contributed by atoms with Gasteiger partial charge in [-0.3, -0.25) is 9.36 Å². The van der Waals surface area contributed by atoms with Gasteiger partial charge in [-0.1, -0.05) is 36.4 Å². The Labute approximate surface area is 140 Å². The number of nitrogens with one attached hydrogen (secondary N) is 1. The summed E-state index contributed by atoms with van der Waals surface area (Å²) in [5.41, 5.74) is 4.71. The predicted octanol–water partition coefficient (Wildman–Crippen LogP) is 3.55. The molecule has 1 N–H and O–H groups in total. The molecule has 0 aliphatic carbocycles. The van der Waals surface area contributed by atoms with Crippen LogP contribution in [0.3, 0.4) is 0 Å². The number of carbonyl (C=O) groups is 1. The van der Waals surface area contributed by atoms with Crippen molar-refractivity contribution in [1.82, 2.24) is 14.9 Å². The van der Waals surface area contributed by atoms with Gasteiger partial charge < -0.3 is 5.32 Å². The monoisotopic (exact) mass is 323 g/mol. The summed E-state index contributed by atoms with van der Waals surface area (Å²) >= 11 is 0. The average Bonchev–Trinajstić information content (AvgIpc) is 3.10. The zero-order valence-corrected chi connectivity index (χ0v) is 13.4. The van der Waals surface area contributed by atoms with Gasteiger partial charge in [-0.05, 0) is 35.7 Å². The Morgan fingerprint density at radius 3 is 2.62 bits per heavy atom. The lowest BCUT2D eigenvalue weighted by Crippen LogP contribution is -2.27. The third kappa shape index (κ3) is 3.20. The molecule has 3 aromatic rings. The molecule has 0 unspecified atom stereocenters. The van der Waals surface area contributed by atoms with E-state index in [-0.39, 0.29) is 12.5 Å². The van der Waals surface area contributed by atoms with Gasteiger partial charge in [0.2, 0.25) is 0 Å². The average molecular weight is 323 g/mol. The molecule has 4 nitrogen and oxygen atoms in total. The highest BCUT2D eigenvalue weighted by Crippen LogP contribution is 2.24. The first-order valence-corrected chi connectivity index (χ1v) is 7.73. The molecular weight excluding hydrogens is 305 g/mol. The molecule has 0 saturated heterocycles. The van der Waals surface area contributed by atoms with E-state index in [0.717, 1.165) is 11.3 Å². The fourth-order valence-electron chi connectivity index (χ4n) is 2.62. The van der Waals surface area contributed by atoms with Gasteiger partial charge in [0.1, 0.15) is 12.4 Å². The summed E-state index contributed by atoms with van der Waals surface area (Å²) in [5.74, 6) is -0.340. The lowest BCUT2D eigenvalue weighted by atomic mass is 10.0. The maximum Gasteiger partial charge on any atom is 0.270 e. The Hall–Kier alpha value is -2.95. The van der Waals surface area contributed by atoms with Crippen LogP contribution in [0.25, 0.3) is 16.8 Å². The molecule has 122 valence electrons. The van der Waals surface area contributed by atoms with Crippen LogP contribution in [0.15, 0.2) is 61.1 Å². The molecule has 1 amide bonds. The molecule has 1 aromatic heterocycles. The zero-order valence-electron chi connectivity index (χ0n) is 13.4. The number of amides is 1. The van der Waals surface area contributed by atoms with E-state index in [0.29, 0.717) is 5.69 Å². The van der Waals surface area contributed by atoms with E-state index in [9.17, 15) is 9.18 Å². The number of hydrogen-bond acceptors (Lipinski definition) is 2. The van der Waals surface area contributed by atoms with E-state index in [1.807, 2.05) is 36.4 Å². The summed E-state index contributed by atoms with van der Waals surface area (Å²) in [6, 6.07) is 16.1. The van der Waals surface area contributed by atoms with Gasteiger partial charge in [-0.25, -0.2) is 9.37 Å². The summed E-state index contributed by atoms with van der Waals surface area (Å²) in [6.07, 6.45) is 3.05. The van der Waals surface area contributed by atoms with E-state index in [1.54, 1.807) is 10.9 Å². The van der Waals surface area contributed by atoms with Crippen LogP contribution in [0.1, 0.15) is 16.1 Å². The highest BCUT2D eigenvalue weighted by Gasteiger charge is 2.12. The van der Waals surface area contributed by atoms with Gasteiger partial charge in [0.25, 0.3) is 5.91 Å². The number of aromatic nitrogens is 2. The first-order valence-electron chi connectivity index (χ1n) is 7.73. The third-order valence-corrected chi connectivity index (χ3v) is 3.85. The Kier molecular flexibility index (Phi) is 4.70. The Morgan fingerprint density at radius 2 is 1.92 bits per heavy atom. The Bertz CT molecular complexity index is 840. The van der Waals surface area contributed by atoms with E-state index in [2.05, 4.69) is 29.4 Å². The van der Waals surface area contributed by atoms with E-state index < -0.39 is 6.67 Å². The number of aryl methyl sites for hydroxylation is 1. The van der Waals surface area contributed by atoms with Crippen LogP contribution < -0.4 is 5.32 Å². The summed E-state index contributed by atoms with van der Waals surface area (Å²) < 4.78 is 13.9. The number of carbonyl (C=O) groups excluding carboxylic acids is 1. The Balaban J connectivity index is 1.89. The molecule has 0 aliphatic rings. The van der Waals surface area contributed by atoms with Crippen LogP contribution in [0.5, 0.6) is 0 Å². The number of nitrogens with zero attached hydrogens (tertiary/aromatic N) is 2. The smallest absolute Gasteiger partial charge is 0.270 e. The summed E-state index contributed by atoms with van der Waals surface area (Å²) in [7, 11) is 0. The molecule has 1 heterocycles. The highest BCUT2D eigenvalue weighted by molar-refractivity contribution is 5.93. The van der Waals surface area contributed by atoms with Crippen molar-refractivity contribution in [2.45, 2.75) is 6.92 Å². The third-order valence-electron chi connectivity index (χ3n) is 3.85. The predicted molar refractivity (Wildman–Crippen MR) is 92.0 cm³/mol. The number of halogens is 1. The maximum absolute atomic E-state index is 12.2. The van der Waals surface area contributed by atoms with E-state index >= 15 is 0 Å². The molecule has 0 radical (unpaired) electrons. The lowest BCUT2D eigenvalue weighted by Gasteiger charge is -2.10. The van der Waals surface area contributed by atoms with Gasteiger partial charge in [-0.2, -0.15) is 0 Å². The molecule has 0 atom stereocenters. The van der Waals surface area contributed by atoms with Crippen LogP contribution in [0.4, 0.5) is 4.39 Å². The lowest BCUT2D eigenvalue weighted by molar-refractivity contribution is 0.0944. The maximum atomic E-state index is 12.2. The van der Waals surface area contributed by atoms with Crippen molar-refractivity contribution in [2.24, 2.45) is 0 Å². The second kappa shape index (κ2) is 7.08. The topological polar surface area (TPSA) is 46.9 Å². The minimum Gasteiger partial charge on any atom is -0.348 e. The normalized spacial score (nSPS) is 10.6. The molecule has 0 bridgehead atoms. The molecule has 0 fully saturated rings.